The zero-order valence-electron chi connectivity index (χ0n) is 17.5. The van der Waals surface area contributed by atoms with E-state index in [2.05, 4.69) is 16.0 Å². The highest BCUT2D eigenvalue weighted by atomic mass is 32.2. The molecule has 0 aromatic rings. The highest BCUT2D eigenvalue weighted by Crippen LogP contribution is 2.05. The summed E-state index contributed by atoms with van der Waals surface area (Å²) in [6.45, 7) is 3.24. The van der Waals surface area contributed by atoms with E-state index in [0.29, 0.717) is 12.2 Å². The molecule has 0 aliphatic heterocycles. The van der Waals surface area contributed by atoms with Crippen LogP contribution < -0.4 is 21.7 Å². The fourth-order valence-corrected chi connectivity index (χ4v) is 2.93. The maximum absolute atomic E-state index is 12.4. The smallest absolute Gasteiger partial charge is 0.326 e. The van der Waals surface area contributed by atoms with Crippen LogP contribution in [0, 0.1) is 5.92 Å². The molecule has 0 aliphatic carbocycles. The van der Waals surface area contributed by atoms with Gasteiger partial charge in [0.05, 0.1) is 12.6 Å². The first-order valence-corrected chi connectivity index (χ1v) is 10.9. The van der Waals surface area contributed by atoms with Gasteiger partial charge in [0.2, 0.25) is 17.7 Å². The first kappa shape index (κ1) is 27.7. The Morgan fingerprint density at radius 2 is 1.60 bits per heavy atom. The molecule has 3 unspecified atom stereocenters. The van der Waals surface area contributed by atoms with Crippen LogP contribution in [-0.2, 0) is 24.0 Å². The molecular formula is C18H32N4O7S. The minimum atomic E-state index is -1.19. The molecule has 0 radical (unpaired) electrons. The molecule has 3 atom stereocenters. The Kier molecular flexibility index (Phi) is 13.5. The number of carbonyl (C=O) groups excluding carboxylic acids is 3. The summed E-state index contributed by atoms with van der Waals surface area (Å²) in [6, 6.07) is -3.13. The second-order valence-electron chi connectivity index (χ2n) is 7.19. The summed E-state index contributed by atoms with van der Waals surface area (Å²) >= 11 is 1.43. The van der Waals surface area contributed by atoms with E-state index in [1.54, 1.807) is 6.26 Å². The summed E-state index contributed by atoms with van der Waals surface area (Å²) < 4.78 is 0. The fraction of sp³-hybridized carbons (Fsp3) is 0.722. The third-order valence-electron chi connectivity index (χ3n) is 4.01. The molecule has 0 aromatic heterocycles. The predicted octanol–water partition coefficient (Wildman–Crippen LogP) is -0.852. The molecule has 30 heavy (non-hydrogen) atoms. The van der Waals surface area contributed by atoms with E-state index in [-0.39, 0.29) is 25.2 Å². The zero-order chi connectivity index (χ0) is 23.3. The van der Waals surface area contributed by atoms with Crippen molar-refractivity contribution in [1.29, 1.82) is 0 Å². The van der Waals surface area contributed by atoms with Crippen LogP contribution in [0.4, 0.5) is 0 Å². The van der Waals surface area contributed by atoms with Gasteiger partial charge in [0.25, 0.3) is 0 Å². The molecular weight excluding hydrogens is 416 g/mol. The normalized spacial score (nSPS) is 13.8. The van der Waals surface area contributed by atoms with E-state index >= 15 is 0 Å². The fourth-order valence-electron chi connectivity index (χ4n) is 2.46. The molecule has 0 rings (SSSR count). The van der Waals surface area contributed by atoms with Gasteiger partial charge in [-0.25, -0.2) is 4.79 Å². The molecule has 12 heteroatoms. The van der Waals surface area contributed by atoms with Gasteiger partial charge in [-0.15, -0.1) is 0 Å². The lowest BCUT2D eigenvalue weighted by Crippen LogP contribution is -2.53. The van der Waals surface area contributed by atoms with Crippen LogP contribution in [0.15, 0.2) is 0 Å². The van der Waals surface area contributed by atoms with E-state index < -0.39 is 54.3 Å². The van der Waals surface area contributed by atoms with Crippen molar-refractivity contribution >= 4 is 41.4 Å². The number of hydrogen-bond donors (Lipinski definition) is 6. The Morgan fingerprint density at radius 1 is 0.967 bits per heavy atom. The van der Waals surface area contributed by atoms with Crippen molar-refractivity contribution in [2.75, 3.05) is 18.6 Å². The summed E-state index contributed by atoms with van der Waals surface area (Å²) in [6.07, 6.45) is 1.85. The Morgan fingerprint density at radius 3 is 2.10 bits per heavy atom. The summed E-state index contributed by atoms with van der Waals surface area (Å²) in [5, 5.41) is 25.0. The van der Waals surface area contributed by atoms with Gasteiger partial charge in [-0.3, -0.25) is 19.2 Å². The SMILES string of the molecule is CSCCC(NC(=O)CNC(=O)C(CCC(=O)O)NC(=O)C(N)CC(C)C)C(=O)O. The minimum Gasteiger partial charge on any atom is -0.481 e. The topological polar surface area (TPSA) is 188 Å². The number of thioether (sulfide) groups is 1. The van der Waals surface area contributed by atoms with Crippen molar-refractivity contribution in [3.8, 4) is 0 Å². The van der Waals surface area contributed by atoms with Gasteiger partial charge in [0.1, 0.15) is 12.1 Å². The predicted molar refractivity (Wildman–Crippen MR) is 112 cm³/mol. The van der Waals surface area contributed by atoms with E-state index in [4.69, 9.17) is 15.9 Å². The lowest BCUT2D eigenvalue weighted by molar-refractivity contribution is -0.141. The molecule has 11 nitrogen and oxygen atoms in total. The van der Waals surface area contributed by atoms with Crippen LogP contribution in [0.1, 0.15) is 39.5 Å². The average Bonchev–Trinajstić information content (AvgIpc) is 2.65. The van der Waals surface area contributed by atoms with Gasteiger partial charge in [0.15, 0.2) is 0 Å². The van der Waals surface area contributed by atoms with Gasteiger partial charge in [-0.05, 0) is 37.2 Å². The quantitative estimate of drug-likeness (QED) is 0.185. The molecule has 172 valence electrons. The maximum atomic E-state index is 12.4. The summed E-state index contributed by atoms with van der Waals surface area (Å²) in [5.74, 6) is -3.72. The van der Waals surface area contributed by atoms with Crippen LogP contribution in [-0.4, -0.2) is 76.6 Å². The molecule has 0 bridgehead atoms. The number of rotatable bonds is 15. The third kappa shape index (κ3) is 12.3. The summed E-state index contributed by atoms with van der Waals surface area (Å²) in [5.41, 5.74) is 5.79. The van der Waals surface area contributed by atoms with E-state index in [1.165, 1.54) is 11.8 Å². The molecule has 0 aliphatic rings. The van der Waals surface area contributed by atoms with Crippen molar-refractivity contribution in [3.05, 3.63) is 0 Å². The average molecular weight is 449 g/mol. The van der Waals surface area contributed by atoms with Gasteiger partial charge in [-0.1, -0.05) is 13.8 Å². The number of carboxylic acid groups (broad SMARTS) is 2. The van der Waals surface area contributed by atoms with Crippen molar-refractivity contribution in [2.45, 2.75) is 57.7 Å². The number of hydrogen-bond acceptors (Lipinski definition) is 7. The number of aliphatic carboxylic acids is 2. The molecule has 0 spiro atoms. The molecule has 0 heterocycles. The number of carboxylic acids is 2. The standard InChI is InChI=1S/C18H32N4O7S/c1-10(2)8-11(19)16(26)22-12(4-5-15(24)25)17(27)20-9-14(23)21-13(18(28)29)6-7-30-3/h10-13H,4-9,19H2,1-3H3,(H,20,27)(H,21,23)(H,22,26)(H,24,25)(H,28,29). The Hall–Kier alpha value is -2.34. The minimum absolute atomic E-state index is 0.147. The van der Waals surface area contributed by atoms with E-state index in [1.807, 2.05) is 13.8 Å². The number of amides is 3. The van der Waals surface area contributed by atoms with E-state index in [9.17, 15) is 24.0 Å². The first-order valence-electron chi connectivity index (χ1n) is 9.54. The van der Waals surface area contributed by atoms with Crippen LogP contribution >= 0.6 is 11.8 Å². The van der Waals surface area contributed by atoms with Crippen molar-refractivity contribution < 1.29 is 34.2 Å². The number of nitrogens with two attached hydrogens (primary N) is 1. The Labute approximate surface area is 179 Å². The van der Waals surface area contributed by atoms with Crippen LogP contribution in [0.25, 0.3) is 0 Å². The van der Waals surface area contributed by atoms with Crippen molar-refractivity contribution in [1.82, 2.24) is 16.0 Å². The number of nitrogens with one attached hydrogen (secondary N) is 3. The zero-order valence-corrected chi connectivity index (χ0v) is 18.3. The van der Waals surface area contributed by atoms with Crippen molar-refractivity contribution in [3.63, 3.8) is 0 Å². The third-order valence-corrected chi connectivity index (χ3v) is 4.65. The van der Waals surface area contributed by atoms with Gasteiger partial charge < -0.3 is 31.9 Å². The van der Waals surface area contributed by atoms with E-state index in [0.717, 1.165) is 0 Å². The monoisotopic (exact) mass is 448 g/mol. The molecule has 0 saturated carbocycles. The largest absolute Gasteiger partial charge is 0.481 e. The number of carbonyl (C=O) groups is 5. The van der Waals surface area contributed by atoms with Crippen LogP contribution in [0.5, 0.6) is 0 Å². The lowest BCUT2D eigenvalue weighted by atomic mass is 10.0. The second kappa shape index (κ2) is 14.6. The summed E-state index contributed by atoms with van der Waals surface area (Å²) in [4.78, 5) is 58.5. The highest BCUT2D eigenvalue weighted by Gasteiger charge is 2.26. The Balaban J connectivity index is 4.86. The molecule has 0 saturated heterocycles. The molecule has 0 fully saturated rings. The van der Waals surface area contributed by atoms with Gasteiger partial charge >= 0.3 is 11.9 Å². The van der Waals surface area contributed by atoms with Crippen LogP contribution in [0.3, 0.4) is 0 Å². The molecule has 7 N–H and O–H groups in total. The lowest BCUT2D eigenvalue weighted by Gasteiger charge is -2.21. The second-order valence-corrected chi connectivity index (χ2v) is 8.17. The molecule has 0 aromatic carbocycles. The van der Waals surface area contributed by atoms with Crippen molar-refractivity contribution in [2.24, 2.45) is 11.7 Å². The highest BCUT2D eigenvalue weighted by molar-refractivity contribution is 7.98. The maximum Gasteiger partial charge on any atom is 0.326 e. The van der Waals surface area contributed by atoms with Gasteiger partial charge in [0, 0.05) is 6.42 Å². The summed E-state index contributed by atoms with van der Waals surface area (Å²) in [7, 11) is 0. The molecule has 3 amide bonds. The Bertz CT molecular complexity index is 615. The van der Waals surface area contributed by atoms with Gasteiger partial charge in [-0.2, -0.15) is 11.8 Å². The first-order chi connectivity index (χ1) is 14.0. The van der Waals surface area contributed by atoms with Crippen LogP contribution in [0.2, 0.25) is 0 Å².